The zero-order valence-corrected chi connectivity index (χ0v) is 14.4. The van der Waals surface area contributed by atoms with E-state index in [1.165, 1.54) is 25.7 Å². The molecule has 128 valence electrons. The monoisotopic (exact) mass is 326 g/mol. The van der Waals surface area contributed by atoms with Crippen molar-refractivity contribution < 1.29 is 9.53 Å². The van der Waals surface area contributed by atoms with Crippen molar-refractivity contribution in [3.05, 3.63) is 54.1 Å². The van der Waals surface area contributed by atoms with Gasteiger partial charge in [0.05, 0.1) is 0 Å². The Morgan fingerprint density at radius 1 is 1.00 bits per heavy atom. The minimum Gasteiger partial charge on any atom is -0.427 e. The van der Waals surface area contributed by atoms with Gasteiger partial charge in [0.15, 0.2) is 0 Å². The van der Waals surface area contributed by atoms with E-state index in [-0.39, 0.29) is 5.97 Å². The van der Waals surface area contributed by atoms with E-state index >= 15 is 0 Å². The van der Waals surface area contributed by atoms with Gasteiger partial charge in [-0.2, -0.15) is 0 Å². The van der Waals surface area contributed by atoms with Crippen molar-refractivity contribution in [3.8, 4) is 5.75 Å². The average Bonchev–Trinajstić information content (AvgIpc) is 2.61. The van der Waals surface area contributed by atoms with Crippen LogP contribution in [0.2, 0.25) is 0 Å². The summed E-state index contributed by atoms with van der Waals surface area (Å²) in [5.41, 5.74) is 2.10. The van der Waals surface area contributed by atoms with Crippen LogP contribution in [0.5, 0.6) is 5.75 Å². The second kappa shape index (κ2) is 10.5. The zero-order chi connectivity index (χ0) is 17.0. The van der Waals surface area contributed by atoms with Crippen molar-refractivity contribution in [2.75, 3.05) is 0 Å². The highest BCUT2D eigenvalue weighted by molar-refractivity contribution is 5.72. The molecule has 4 heteroatoms. The molecule has 1 aromatic carbocycles. The van der Waals surface area contributed by atoms with Gasteiger partial charge in [-0.25, -0.2) is 9.97 Å². The molecular formula is C20H26N2O2. The van der Waals surface area contributed by atoms with Crippen LogP contribution >= 0.6 is 0 Å². The molecule has 0 aliphatic rings. The number of unbranched alkanes of at least 4 members (excludes halogenated alkanes) is 5. The van der Waals surface area contributed by atoms with Crippen molar-refractivity contribution in [1.29, 1.82) is 0 Å². The lowest BCUT2D eigenvalue weighted by Crippen LogP contribution is -2.07. The molecular weight excluding hydrogens is 300 g/mol. The molecule has 1 heterocycles. The van der Waals surface area contributed by atoms with E-state index in [4.69, 9.17) is 4.74 Å². The fourth-order valence-corrected chi connectivity index (χ4v) is 2.54. The molecule has 2 rings (SSSR count). The highest BCUT2D eigenvalue weighted by Crippen LogP contribution is 2.16. The number of carbonyl (C=O) groups excluding carboxylic acids is 1. The molecule has 2 aromatic rings. The quantitative estimate of drug-likeness (QED) is 0.360. The number of benzene rings is 1. The first-order valence-electron chi connectivity index (χ1n) is 8.82. The summed E-state index contributed by atoms with van der Waals surface area (Å²) in [6.45, 7) is 2.20. The minimum absolute atomic E-state index is 0.144. The van der Waals surface area contributed by atoms with Gasteiger partial charge in [0.25, 0.3) is 0 Å². The number of rotatable bonds is 10. The highest BCUT2D eigenvalue weighted by atomic mass is 16.5. The lowest BCUT2D eigenvalue weighted by molar-refractivity contribution is -0.134. The molecule has 0 bridgehead atoms. The molecule has 4 nitrogen and oxygen atoms in total. The molecule has 24 heavy (non-hydrogen) atoms. The van der Waals surface area contributed by atoms with E-state index < -0.39 is 0 Å². The third-order valence-corrected chi connectivity index (χ3v) is 3.92. The number of hydrogen-bond acceptors (Lipinski definition) is 4. The Kier molecular flexibility index (Phi) is 7.94. The maximum absolute atomic E-state index is 11.8. The summed E-state index contributed by atoms with van der Waals surface area (Å²) in [6, 6.07) is 9.52. The maximum Gasteiger partial charge on any atom is 0.311 e. The van der Waals surface area contributed by atoms with Crippen molar-refractivity contribution in [1.82, 2.24) is 9.97 Å². The second-order valence-electron chi connectivity index (χ2n) is 6.01. The molecule has 0 aliphatic heterocycles. The zero-order valence-electron chi connectivity index (χ0n) is 14.4. The van der Waals surface area contributed by atoms with Crippen molar-refractivity contribution in [3.63, 3.8) is 0 Å². The summed E-state index contributed by atoms with van der Waals surface area (Å²) in [5.74, 6) is 0.464. The van der Waals surface area contributed by atoms with Crippen molar-refractivity contribution >= 4 is 5.97 Å². The molecule has 0 amide bonds. The molecule has 0 N–H and O–H groups in total. The molecule has 0 fully saturated rings. The number of ether oxygens (including phenoxy) is 1. The Hall–Kier alpha value is -2.23. The van der Waals surface area contributed by atoms with E-state index in [2.05, 4.69) is 16.9 Å². The third kappa shape index (κ3) is 6.90. The predicted molar refractivity (Wildman–Crippen MR) is 94.9 cm³/mol. The van der Waals surface area contributed by atoms with Gasteiger partial charge in [-0.3, -0.25) is 4.79 Å². The predicted octanol–water partition coefficient (Wildman–Crippen LogP) is 4.72. The van der Waals surface area contributed by atoms with E-state index in [1.54, 1.807) is 12.5 Å². The first-order valence-corrected chi connectivity index (χ1v) is 8.82. The van der Waals surface area contributed by atoms with E-state index in [1.807, 2.05) is 30.3 Å². The summed E-state index contributed by atoms with van der Waals surface area (Å²) >= 11 is 0. The molecule has 0 atom stereocenters. The van der Waals surface area contributed by atoms with Gasteiger partial charge in [0.2, 0.25) is 0 Å². The SMILES string of the molecule is CCCCCCCCC(=O)Oc1ccc(Cc2ccncn2)cc1. The van der Waals surface area contributed by atoms with Gasteiger partial charge < -0.3 is 4.74 Å². The van der Waals surface area contributed by atoms with Crippen molar-refractivity contribution in [2.24, 2.45) is 0 Å². The lowest BCUT2D eigenvalue weighted by Gasteiger charge is -2.06. The molecule has 0 radical (unpaired) electrons. The first kappa shape index (κ1) is 18.1. The molecule has 0 spiro atoms. The number of carbonyl (C=O) groups is 1. The second-order valence-corrected chi connectivity index (χ2v) is 6.01. The topological polar surface area (TPSA) is 52.1 Å². The van der Waals surface area contributed by atoms with Gasteiger partial charge in [-0.1, -0.05) is 51.2 Å². The van der Waals surface area contributed by atoms with Crippen LogP contribution in [0.1, 0.15) is 63.1 Å². The Labute approximate surface area is 144 Å². The van der Waals surface area contributed by atoms with E-state index in [9.17, 15) is 4.79 Å². The molecule has 1 aromatic heterocycles. The van der Waals surface area contributed by atoms with Crippen molar-refractivity contribution in [2.45, 2.75) is 58.3 Å². The first-order chi connectivity index (χ1) is 11.8. The summed E-state index contributed by atoms with van der Waals surface area (Å²) in [6.07, 6.45) is 11.5. The van der Waals surface area contributed by atoms with Gasteiger partial charge in [0, 0.05) is 24.7 Å². The van der Waals surface area contributed by atoms with Crippen LogP contribution in [0.3, 0.4) is 0 Å². The summed E-state index contributed by atoms with van der Waals surface area (Å²) < 4.78 is 5.38. The largest absolute Gasteiger partial charge is 0.427 e. The fourth-order valence-electron chi connectivity index (χ4n) is 2.54. The number of aromatic nitrogens is 2. The minimum atomic E-state index is -0.144. The molecule has 0 unspecified atom stereocenters. The number of nitrogens with zero attached hydrogens (tertiary/aromatic N) is 2. The third-order valence-electron chi connectivity index (χ3n) is 3.92. The Balaban J connectivity index is 1.70. The maximum atomic E-state index is 11.8. The van der Waals surface area contributed by atoms with Crippen LogP contribution in [0.4, 0.5) is 0 Å². The Bertz CT molecular complexity index is 597. The standard InChI is InChI=1S/C20H26N2O2/c1-2-3-4-5-6-7-8-20(23)24-19-11-9-17(10-12-19)15-18-13-14-21-16-22-18/h9-14,16H,2-8,15H2,1H3. The van der Waals surface area contributed by atoms with Crippen LogP contribution in [0, 0.1) is 0 Å². The lowest BCUT2D eigenvalue weighted by atomic mass is 10.1. The van der Waals surface area contributed by atoms with Gasteiger partial charge >= 0.3 is 5.97 Å². The van der Waals surface area contributed by atoms with Crippen LogP contribution in [0.15, 0.2) is 42.9 Å². The molecule has 0 saturated carbocycles. The Morgan fingerprint density at radius 3 is 2.46 bits per heavy atom. The van der Waals surface area contributed by atoms with Crippen LogP contribution in [-0.2, 0) is 11.2 Å². The van der Waals surface area contributed by atoms with E-state index in [0.29, 0.717) is 12.2 Å². The van der Waals surface area contributed by atoms with Crippen LogP contribution < -0.4 is 4.74 Å². The normalized spacial score (nSPS) is 10.5. The van der Waals surface area contributed by atoms with Crippen LogP contribution in [0.25, 0.3) is 0 Å². The Morgan fingerprint density at radius 2 is 1.75 bits per heavy atom. The van der Waals surface area contributed by atoms with E-state index in [0.717, 1.165) is 30.5 Å². The smallest absolute Gasteiger partial charge is 0.311 e. The summed E-state index contributed by atoms with van der Waals surface area (Å²) in [5, 5.41) is 0. The van der Waals surface area contributed by atoms with Gasteiger partial charge in [-0.05, 0) is 30.2 Å². The summed E-state index contributed by atoms with van der Waals surface area (Å²) in [7, 11) is 0. The van der Waals surface area contributed by atoms with Gasteiger partial charge in [0.1, 0.15) is 12.1 Å². The van der Waals surface area contributed by atoms with Gasteiger partial charge in [-0.15, -0.1) is 0 Å². The highest BCUT2D eigenvalue weighted by Gasteiger charge is 2.05. The average molecular weight is 326 g/mol. The molecule has 0 aliphatic carbocycles. The fraction of sp³-hybridized carbons (Fsp3) is 0.450. The van der Waals surface area contributed by atoms with Crippen LogP contribution in [-0.4, -0.2) is 15.9 Å². The summed E-state index contributed by atoms with van der Waals surface area (Å²) in [4.78, 5) is 20.0. The number of esters is 1. The molecule has 0 saturated heterocycles. The number of hydrogen-bond donors (Lipinski definition) is 0.